The first kappa shape index (κ1) is 19.1. The lowest BCUT2D eigenvalue weighted by Gasteiger charge is -2.33. The van der Waals surface area contributed by atoms with Gasteiger partial charge in [0.25, 0.3) is 5.91 Å². The number of piperidine rings is 1. The summed E-state index contributed by atoms with van der Waals surface area (Å²) >= 11 is 0. The molecule has 2 N–H and O–H groups in total. The topological polar surface area (TPSA) is 66.0 Å². The number of carbonyl (C=O) groups excluding carboxylic acids is 1. The van der Waals surface area contributed by atoms with E-state index in [1.54, 1.807) is 31.4 Å². The predicted molar refractivity (Wildman–Crippen MR) is 101 cm³/mol. The van der Waals surface area contributed by atoms with Crippen LogP contribution in [0.25, 0.3) is 0 Å². The molecule has 1 amide bonds. The fourth-order valence-corrected chi connectivity index (χ4v) is 2.98. The second kappa shape index (κ2) is 9.91. The molecule has 1 aromatic rings. The number of ether oxygens (including phenoxy) is 1. The maximum Gasteiger partial charge on any atom is 0.251 e. The number of guanidine groups is 1. The third kappa shape index (κ3) is 5.96. The van der Waals surface area contributed by atoms with Crippen molar-refractivity contribution in [3.8, 4) is 5.75 Å². The van der Waals surface area contributed by atoms with E-state index in [-0.39, 0.29) is 5.91 Å². The Hall–Kier alpha value is -2.24. The van der Waals surface area contributed by atoms with Crippen molar-refractivity contribution >= 4 is 11.9 Å². The number of rotatable bonds is 6. The lowest BCUT2D eigenvalue weighted by atomic mass is 10.0. The summed E-state index contributed by atoms with van der Waals surface area (Å²) in [6, 6.07) is 7.09. The first-order valence-corrected chi connectivity index (χ1v) is 9.09. The molecule has 138 valence electrons. The minimum absolute atomic E-state index is 0.0885. The van der Waals surface area contributed by atoms with Gasteiger partial charge in [-0.25, -0.2) is 0 Å². The Morgan fingerprint density at radius 2 is 2.08 bits per heavy atom. The zero-order valence-corrected chi connectivity index (χ0v) is 15.5. The molecule has 0 aliphatic carbocycles. The lowest BCUT2D eigenvalue weighted by Crippen LogP contribution is -2.46. The van der Waals surface area contributed by atoms with Crippen molar-refractivity contribution in [3.63, 3.8) is 0 Å². The fourth-order valence-electron chi connectivity index (χ4n) is 2.98. The van der Waals surface area contributed by atoms with Gasteiger partial charge in [-0.3, -0.25) is 9.79 Å². The van der Waals surface area contributed by atoms with Gasteiger partial charge in [-0.1, -0.05) is 6.92 Å². The van der Waals surface area contributed by atoms with E-state index in [1.807, 2.05) is 0 Å². The number of amides is 1. The van der Waals surface area contributed by atoms with Crippen molar-refractivity contribution in [2.45, 2.75) is 26.7 Å². The van der Waals surface area contributed by atoms with Crippen LogP contribution in [-0.2, 0) is 0 Å². The van der Waals surface area contributed by atoms with Gasteiger partial charge in [-0.05, 0) is 49.9 Å². The highest BCUT2D eigenvalue weighted by atomic mass is 16.5. The van der Waals surface area contributed by atoms with Gasteiger partial charge in [-0.15, -0.1) is 0 Å². The average Bonchev–Trinajstić information content (AvgIpc) is 2.64. The molecule has 0 saturated carbocycles. The molecule has 0 radical (unpaired) electrons. The summed E-state index contributed by atoms with van der Waals surface area (Å²) in [7, 11) is 1.61. The molecule has 1 unspecified atom stereocenters. The van der Waals surface area contributed by atoms with E-state index in [0.29, 0.717) is 24.6 Å². The molecule has 1 fully saturated rings. The molecule has 6 nitrogen and oxygen atoms in total. The second-order valence-electron chi connectivity index (χ2n) is 6.41. The number of nitrogens with zero attached hydrogens (tertiary/aromatic N) is 2. The molecule has 1 aliphatic rings. The Kier molecular flexibility index (Phi) is 7.57. The molecule has 25 heavy (non-hydrogen) atoms. The first-order chi connectivity index (χ1) is 12.1. The van der Waals surface area contributed by atoms with E-state index in [1.165, 1.54) is 12.8 Å². The van der Waals surface area contributed by atoms with Gasteiger partial charge in [-0.2, -0.15) is 0 Å². The summed E-state index contributed by atoms with van der Waals surface area (Å²) in [6.45, 7) is 8.39. The molecule has 0 aromatic heterocycles. The maximum absolute atomic E-state index is 12.1. The SMILES string of the molecule is CCNC(=NCCNC(=O)c1ccc(OC)cc1)N1CCCC(C)C1. The predicted octanol–water partition coefficient (Wildman–Crippen LogP) is 2.12. The van der Waals surface area contributed by atoms with Crippen LogP contribution in [0.3, 0.4) is 0 Å². The zero-order chi connectivity index (χ0) is 18.1. The zero-order valence-electron chi connectivity index (χ0n) is 15.5. The minimum Gasteiger partial charge on any atom is -0.497 e. The summed E-state index contributed by atoms with van der Waals surface area (Å²) in [5.41, 5.74) is 0.626. The summed E-state index contributed by atoms with van der Waals surface area (Å²) in [5.74, 6) is 2.31. The van der Waals surface area contributed by atoms with Gasteiger partial charge >= 0.3 is 0 Å². The highest BCUT2D eigenvalue weighted by Crippen LogP contribution is 2.15. The highest BCUT2D eigenvalue weighted by Gasteiger charge is 2.18. The van der Waals surface area contributed by atoms with Crippen LogP contribution in [0.4, 0.5) is 0 Å². The first-order valence-electron chi connectivity index (χ1n) is 9.09. The average molecular weight is 346 g/mol. The van der Waals surface area contributed by atoms with E-state index in [0.717, 1.165) is 31.3 Å². The van der Waals surface area contributed by atoms with Gasteiger partial charge in [0.15, 0.2) is 5.96 Å². The van der Waals surface area contributed by atoms with Crippen LogP contribution in [0, 0.1) is 5.92 Å². The number of nitrogens with one attached hydrogen (secondary N) is 2. The molecule has 2 rings (SSSR count). The summed E-state index contributed by atoms with van der Waals surface area (Å²) in [4.78, 5) is 19.1. The quantitative estimate of drug-likeness (QED) is 0.470. The van der Waals surface area contributed by atoms with Crippen LogP contribution in [0.5, 0.6) is 5.75 Å². The van der Waals surface area contributed by atoms with Crippen molar-refractivity contribution in [1.29, 1.82) is 0 Å². The van der Waals surface area contributed by atoms with Crippen LogP contribution in [0.2, 0.25) is 0 Å². The van der Waals surface area contributed by atoms with Crippen LogP contribution in [0.1, 0.15) is 37.0 Å². The van der Waals surface area contributed by atoms with Gasteiger partial charge in [0.2, 0.25) is 0 Å². The standard InChI is InChI=1S/C19H30N4O2/c1-4-20-19(23-13-5-6-15(2)14-23)22-12-11-21-18(24)16-7-9-17(25-3)10-8-16/h7-10,15H,4-6,11-14H2,1-3H3,(H,20,22)(H,21,24). The third-order valence-electron chi connectivity index (χ3n) is 4.30. The maximum atomic E-state index is 12.1. The van der Waals surface area contributed by atoms with Crippen LogP contribution in [-0.4, -0.2) is 56.6 Å². The molecule has 1 atom stereocenters. The number of methoxy groups -OCH3 is 1. The molecule has 6 heteroatoms. The highest BCUT2D eigenvalue weighted by molar-refractivity contribution is 5.94. The van der Waals surface area contributed by atoms with E-state index < -0.39 is 0 Å². The van der Waals surface area contributed by atoms with Crippen molar-refractivity contribution in [1.82, 2.24) is 15.5 Å². The Morgan fingerprint density at radius 3 is 2.72 bits per heavy atom. The Bertz CT molecular complexity index is 571. The van der Waals surface area contributed by atoms with Crippen molar-refractivity contribution in [2.24, 2.45) is 10.9 Å². The molecule has 1 saturated heterocycles. The smallest absolute Gasteiger partial charge is 0.251 e. The largest absolute Gasteiger partial charge is 0.497 e. The fraction of sp³-hybridized carbons (Fsp3) is 0.579. The Balaban J connectivity index is 1.83. The minimum atomic E-state index is -0.0885. The normalized spacial score (nSPS) is 18.0. The number of hydrogen-bond donors (Lipinski definition) is 2. The summed E-state index contributed by atoms with van der Waals surface area (Å²) < 4.78 is 5.10. The van der Waals surface area contributed by atoms with Crippen molar-refractivity contribution in [3.05, 3.63) is 29.8 Å². The Morgan fingerprint density at radius 1 is 1.32 bits per heavy atom. The Labute approximate surface area is 150 Å². The van der Waals surface area contributed by atoms with Crippen molar-refractivity contribution < 1.29 is 9.53 Å². The molecular formula is C19H30N4O2. The lowest BCUT2D eigenvalue weighted by molar-refractivity contribution is 0.0954. The third-order valence-corrected chi connectivity index (χ3v) is 4.30. The molecule has 0 bridgehead atoms. The van der Waals surface area contributed by atoms with E-state index in [2.05, 4.69) is 34.4 Å². The van der Waals surface area contributed by atoms with Gasteiger partial charge in [0.05, 0.1) is 13.7 Å². The number of hydrogen-bond acceptors (Lipinski definition) is 3. The van der Waals surface area contributed by atoms with Gasteiger partial charge in [0.1, 0.15) is 5.75 Å². The van der Waals surface area contributed by atoms with E-state index in [4.69, 9.17) is 4.74 Å². The molecule has 0 spiro atoms. The van der Waals surface area contributed by atoms with Gasteiger partial charge < -0.3 is 20.3 Å². The number of aliphatic imine (C=N–C) groups is 1. The van der Waals surface area contributed by atoms with Crippen LogP contribution >= 0.6 is 0 Å². The summed E-state index contributed by atoms with van der Waals surface area (Å²) in [5, 5.41) is 6.27. The van der Waals surface area contributed by atoms with Crippen LogP contribution in [0.15, 0.2) is 29.3 Å². The molecule has 1 aliphatic heterocycles. The molecular weight excluding hydrogens is 316 g/mol. The van der Waals surface area contributed by atoms with E-state index >= 15 is 0 Å². The number of carbonyl (C=O) groups is 1. The monoisotopic (exact) mass is 346 g/mol. The second-order valence-corrected chi connectivity index (χ2v) is 6.41. The molecule has 1 aromatic carbocycles. The van der Waals surface area contributed by atoms with Crippen molar-refractivity contribution in [2.75, 3.05) is 39.8 Å². The number of benzene rings is 1. The molecule has 1 heterocycles. The van der Waals surface area contributed by atoms with Gasteiger partial charge in [0, 0.05) is 31.7 Å². The summed E-state index contributed by atoms with van der Waals surface area (Å²) in [6.07, 6.45) is 2.49. The number of likely N-dealkylation sites (tertiary alicyclic amines) is 1. The van der Waals surface area contributed by atoms with Crippen LogP contribution < -0.4 is 15.4 Å². The van der Waals surface area contributed by atoms with E-state index in [9.17, 15) is 4.79 Å².